The fourth-order valence-electron chi connectivity index (χ4n) is 5.05. The van der Waals surface area contributed by atoms with Crippen LogP contribution in [0, 0.1) is 5.82 Å². The topological polar surface area (TPSA) is 62.6 Å². The van der Waals surface area contributed by atoms with Gasteiger partial charge in [0.1, 0.15) is 12.4 Å². The van der Waals surface area contributed by atoms with Crippen LogP contribution >= 0.6 is 11.8 Å². The van der Waals surface area contributed by atoms with Crippen molar-refractivity contribution >= 4 is 45.8 Å². The Kier molecular flexibility index (Phi) is 6.33. The van der Waals surface area contributed by atoms with E-state index in [4.69, 9.17) is 0 Å². The largest absolute Gasteiger partial charge is 0.342 e. The van der Waals surface area contributed by atoms with Crippen molar-refractivity contribution in [2.45, 2.75) is 19.5 Å². The van der Waals surface area contributed by atoms with Gasteiger partial charge in [0.15, 0.2) is 0 Å². The van der Waals surface area contributed by atoms with Crippen LogP contribution in [-0.4, -0.2) is 44.5 Å². The predicted molar refractivity (Wildman–Crippen MR) is 146 cm³/mol. The second-order valence-electron chi connectivity index (χ2n) is 9.42. The molecule has 38 heavy (non-hydrogen) atoms. The Morgan fingerprint density at radius 3 is 2.53 bits per heavy atom. The van der Waals surface area contributed by atoms with E-state index in [1.807, 2.05) is 53.2 Å². The molecule has 0 unspecified atom stereocenters. The molecule has 6 nitrogen and oxygen atoms in total. The molecular weight excluding hydrogens is 501 g/mol. The summed E-state index contributed by atoms with van der Waals surface area (Å²) in [5, 5.41) is 0.431. The number of fused-ring (bicyclic) bond motifs is 2. The van der Waals surface area contributed by atoms with E-state index in [0.29, 0.717) is 25.2 Å². The summed E-state index contributed by atoms with van der Waals surface area (Å²) >= 11 is 0.837. The number of rotatable bonds is 5. The average Bonchev–Trinajstić information content (AvgIpc) is 3.41. The van der Waals surface area contributed by atoms with E-state index in [2.05, 4.69) is 6.07 Å². The van der Waals surface area contributed by atoms with E-state index < -0.39 is 11.1 Å². The summed E-state index contributed by atoms with van der Waals surface area (Å²) in [4.78, 5) is 42.0. The van der Waals surface area contributed by atoms with Gasteiger partial charge in [-0.2, -0.15) is 0 Å². The summed E-state index contributed by atoms with van der Waals surface area (Å²) in [5.74, 6) is -1.00. The number of nitrogens with zero attached hydrogens (tertiary/aromatic N) is 3. The lowest BCUT2D eigenvalue weighted by molar-refractivity contribution is -0.136. The Balaban J connectivity index is 1.23. The van der Waals surface area contributed by atoms with Crippen LogP contribution in [0.25, 0.3) is 17.0 Å². The average molecular weight is 526 g/mol. The fourth-order valence-corrected chi connectivity index (χ4v) is 5.88. The van der Waals surface area contributed by atoms with Crippen molar-refractivity contribution in [3.05, 3.63) is 112 Å². The standard InChI is InChI=1S/C30H24FN3O3S/c31-25-11-5-3-9-22(25)17-33-18-23(24-10-4-6-12-26(24)33)15-27-29(36)34(30(37)38-27)19-28(35)32-14-13-20-7-1-2-8-21(20)16-32/h1-12,15,18H,13-14,16-17,19H2/b27-15-. The molecule has 2 aliphatic heterocycles. The molecule has 3 amide bonds. The smallest absolute Gasteiger partial charge is 0.294 e. The predicted octanol–water partition coefficient (Wildman–Crippen LogP) is 5.45. The van der Waals surface area contributed by atoms with Crippen LogP contribution in [0.1, 0.15) is 22.3 Å². The van der Waals surface area contributed by atoms with Crippen LogP contribution in [0.3, 0.4) is 0 Å². The van der Waals surface area contributed by atoms with E-state index in [-0.39, 0.29) is 23.2 Å². The Bertz CT molecular complexity index is 1630. The quantitative estimate of drug-likeness (QED) is 0.325. The summed E-state index contributed by atoms with van der Waals surface area (Å²) in [6, 6.07) is 22.3. The molecule has 2 aliphatic rings. The zero-order chi connectivity index (χ0) is 26.2. The van der Waals surface area contributed by atoms with Gasteiger partial charge >= 0.3 is 0 Å². The number of para-hydroxylation sites is 1. The molecule has 190 valence electrons. The second-order valence-corrected chi connectivity index (χ2v) is 10.4. The van der Waals surface area contributed by atoms with Crippen molar-refractivity contribution in [2.24, 2.45) is 0 Å². The molecule has 0 N–H and O–H groups in total. The minimum Gasteiger partial charge on any atom is -0.342 e. The van der Waals surface area contributed by atoms with Crippen LogP contribution in [-0.2, 0) is 29.1 Å². The first-order valence-electron chi connectivity index (χ1n) is 12.4. The number of halogens is 1. The van der Waals surface area contributed by atoms with Crippen molar-refractivity contribution in [1.82, 2.24) is 14.4 Å². The SMILES string of the molecule is O=C(CN1C(=O)S/C(=C\c2cn(Cc3ccccc3F)c3ccccc23)C1=O)N1CCc2ccccc2C1. The third-order valence-electron chi connectivity index (χ3n) is 7.05. The summed E-state index contributed by atoms with van der Waals surface area (Å²) in [6.07, 6.45) is 4.30. The maximum absolute atomic E-state index is 14.3. The number of carbonyl (C=O) groups excluding carboxylic acids is 3. The molecule has 1 aromatic heterocycles. The number of amides is 3. The second kappa shape index (κ2) is 9.95. The first-order valence-corrected chi connectivity index (χ1v) is 13.2. The zero-order valence-corrected chi connectivity index (χ0v) is 21.3. The van der Waals surface area contributed by atoms with Gasteiger partial charge in [0.2, 0.25) is 5.91 Å². The Labute approximate surface area is 223 Å². The van der Waals surface area contributed by atoms with Crippen LogP contribution in [0.15, 0.2) is 83.9 Å². The molecule has 3 heterocycles. The van der Waals surface area contributed by atoms with Crippen LogP contribution in [0.5, 0.6) is 0 Å². The van der Waals surface area contributed by atoms with E-state index in [1.165, 1.54) is 11.6 Å². The van der Waals surface area contributed by atoms with Crippen molar-refractivity contribution in [2.75, 3.05) is 13.1 Å². The van der Waals surface area contributed by atoms with Gasteiger partial charge in [-0.15, -0.1) is 0 Å². The Hall–Kier alpha value is -4.17. The number of hydrogen-bond acceptors (Lipinski definition) is 4. The summed E-state index contributed by atoms with van der Waals surface area (Å²) in [6.45, 7) is 1.08. The van der Waals surface area contributed by atoms with Crippen molar-refractivity contribution in [3.63, 3.8) is 0 Å². The molecule has 1 fully saturated rings. The van der Waals surface area contributed by atoms with Crippen LogP contribution < -0.4 is 0 Å². The maximum atomic E-state index is 14.3. The highest BCUT2D eigenvalue weighted by atomic mass is 32.2. The van der Waals surface area contributed by atoms with E-state index in [0.717, 1.165) is 45.1 Å². The highest BCUT2D eigenvalue weighted by Gasteiger charge is 2.37. The van der Waals surface area contributed by atoms with Gasteiger partial charge in [0, 0.05) is 41.3 Å². The highest BCUT2D eigenvalue weighted by Crippen LogP contribution is 2.34. The van der Waals surface area contributed by atoms with E-state index in [9.17, 15) is 18.8 Å². The molecule has 1 saturated heterocycles. The molecule has 0 bridgehead atoms. The van der Waals surface area contributed by atoms with E-state index in [1.54, 1.807) is 29.2 Å². The maximum Gasteiger partial charge on any atom is 0.294 e. The number of aromatic nitrogens is 1. The first-order chi connectivity index (χ1) is 18.5. The van der Waals surface area contributed by atoms with Crippen LogP contribution in [0.2, 0.25) is 0 Å². The number of hydrogen-bond donors (Lipinski definition) is 0. The fraction of sp³-hybridized carbons (Fsp3) is 0.167. The zero-order valence-electron chi connectivity index (χ0n) is 20.5. The Morgan fingerprint density at radius 2 is 1.68 bits per heavy atom. The minimum absolute atomic E-state index is 0.246. The summed E-state index contributed by atoms with van der Waals surface area (Å²) < 4.78 is 16.2. The normalized spacial score (nSPS) is 16.5. The van der Waals surface area contributed by atoms with Crippen molar-refractivity contribution in [3.8, 4) is 0 Å². The number of carbonyl (C=O) groups is 3. The van der Waals surface area contributed by atoms with Gasteiger partial charge < -0.3 is 9.47 Å². The summed E-state index contributed by atoms with van der Waals surface area (Å²) in [5.41, 5.74) is 4.51. The minimum atomic E-state index is -0.475. The van der Waals surface area contributed by atoms with Gasteiger partial charge in [-0.25, -0.2) is 4.39 Å². The summed E-state index contributed by atoms with van der Waals surface area (Å²) in [7, 11) is 0. The van der Waals surface area contributed by atoms with Crippen molar-refractivity contribution < 1.29 is 18.8 Å². The van der Waals surface area contributed by atoms with Crippen molar-refractivity contribution in [1.29, 1.82) is 0 Å². The Morgan fingerprint density at radius 1 is 0.947 bits per heavy atom. The first kappa shape index (κ1) is 24.2. The molecule has 8 heteroatoms. The third-order valence-corrected chi connectivity index (χ3v) is 7.96. The van der Waals surface area contributed by atoms with E-state index >= 15 is 0 Å². The number of imide groups is 1. The lowest BCUT2D eigenvalue weighted by Gasteiger charge is -2.29. The molecule has 4 aromatic rings. The molecule has 0 aliphatic carbocycles. The van der Waals surface area contributed by atoms with Crippen LogP contribution in [0.4, 0.5) is 9.18 Å². The molecule has 6 rings (SSSR count). The highest BCUT2D eigenvalue weighted by molar-refractivity contribution is 8.18. The molecular formula is C30H24FN3O3S. The molecule has 0 atom stereocenters. The molecule has 3 aromatic carbocycles. The monoisotopic (exact) mass is 525 g/mol. The van der Waals surface area contributed by atoms with Gasteiger partial charge in [-0.1, -0.05) is 60.7 Å². The lowest BCUT2D eigenvalue weighted by atomic mass is 10.00. The molecule has 0 spiro atoms. The van der Waals surface area contributed by atoms with Gasteiger partial charge in [0.25, 0.3) is 11.1 Å². The molecule has 0 saturated carbocycles. The number of thioether (sulfide) groups is 1. The molecule has 0 radical (unpaired) electrons. The van der Waals surface area contributed by atoms with Gasteiger partial charge in [-0.05, 0) is 47.5 Å². The van der Waals surface area contributed by atoms with Gasteiger partial charge in [0.05, 0.1) is 11.4 Å². The van der Waals surface area contributed by atoms with Gasteiger partial charge in [-0.3, -0.25) is 19.3 Å². The number of benzene rings is 3. The third kappa shape index (κ3) is 4.52. The lowest BCUT2D eigenvalue weighted by Crippen LogP contribution is -2.44.